The molecule has 1 aliphatic heterocycles. The summed E-state index contributed by atoms with van der Waals surface area (Å²) in [4.78, 5) is 10.7. The third-order valence-electron chi connectivity index (χ3n) is 1.96. The molecule has 1 aromatic carbocycles. The molecule has 1 atom stereocenters. The van der Waals surface area contributed by atoms with E-state index in [2.05, 4.69) is 0 Å². The van der Waals surface area contributed by atoms with Crippen molar-refractivity contribution in [3.8, 4) is 5.75 Å². The van der Waals surface area contributed by atoms with Crippen LogP contribution >= 0.6 is 11.6 Å². The number of hydrogen-bond donors (Lipinski definition) is 0. The van der Waals surface area contributed by atoms with Crippen molar-refractivity contribution in [2.75, 3.05) is 13.2 Å². The molecule has 0 radical (unpaired) electrons. The maximum Gasteiger partial charge on any atom is 0.155 e. The highest BCUT2D eigenvalue weighted by atomic mass is 35.5. The molecule has 0 spiro atoms. The number of hydrogen-bond acceptors (Lipinski definition) is 3. The van der Waals surface area contributed by atoms with E-state index in [4.69, 9.17) is 21.1 Å². The third-order valence-corrected chi connectivity index (χ3v) is 2.29. The largest absolute Gasteiger partial charge is 0.490 e. The van der Waals surface area contributed by atoms with E-state index < -0.39 is 0 Å². The van der Waals surface area contributed by atoms with Gasteiger partial charge in [-0.3, -0.25) is 4.79 Å². The van der Waals surface area contributed by atoms with Crippen molar-refractivity contribution in [1.82, 2.24) is 0 Å². The van der Waals surface area contributed by atoms with E-state index in [-0.39, 0.29) is 6.10 Å². The molecule has 1 aromatic rings. The fourth-order valence-electron chi connectivity index (χ4n) is 1.10. The molecular formula is C10H9ClO3. The number of halogens is 1. The van der Waals surface area contributed by atoms with E-state index in [1.807, 2.05) is 0 Å². The summed E-state index contributed by atoms with van der Waals surface area (Å²) in [5.74, 6) is 0.517. The van der Waals surface area contributed by atoms with E-state index in [1.54, 1.807) is 18.2 Å². The van der Waals surface area contributed by atoms with E-state index in [0.29, 0.717) is 29.2 Å². The number of carbonyl (C=O) groups excluding carboxylic acids is 1. The molecule has 2 rings (SSSR count). The first-order valence-electron chi connectivity index (χ1n) is 4.29. The van der Waals surface area contributed by atoms with Gasteiger partial charge in [0.2, 0.25) is 0 Å². The highest BCUT2D eigenvalue weighted by Gasteiger charge is 2.23. The minimum atomic E-state index is 0.175. The van der Waals surface area contributed by atoms with Crippen molar-refractivity contribution in [2.45, 2.75) is 6.10 Å². The Kier molecular flexibility index (Phi) is 2.70. The lowest BCUT2D eigenvalue weighted by molar-refractivity contribution is 0.111. The zero-order valence-corrected chi connectivity index (χ0v) is 8.16. The van der Waals surface area contributed by atoms with Crippen LogP contribution in [-0.2, 0) is 4.74 Å². The van der Waals surface area contributed by atoms with Gasteiger partial charge in [0.1, 0.15) is 18.5 Å². The van der Waals surface area contributed by atoms with Crippen LogP contribution in [0.2, 0.25) is 5.02 Å². The number of rotatable bonds is 4. The Morgan fingerprint density at radius 1 is 1.64 bits per heavy atom. The van der Waals surface area contributed by atoms with Gasteiger partial charge in [-0.1, -0.05) is 17.7 Å². The van der Waals surface area contributed by atoms with Gasteiger partial charge in [-0.2, -0.15) is 0 Å². The van der Waals surface area contributed by atoms with Gasteiger partial charge in [-0.25, -0.2) is 0 Å². The van der Waals surface area contributed by atoms with Crippen LogP contribution < -0.4 is 4.74 Å². The van der Waals surface area contributed by atoms with Gasteiger partial charge >= 0.3 is 0 Å². The summed E-state index contributed by atoms with van der Waals surface area (Å²) in [7, 11) is 0. The second-order valence-corrected chi connectivity index (χ2v) is 3.44. The Balaban J connectivity index is 2.13. The average Bonchev–Trinajstić information content (AvgIpc) is 2.98. The maximum absolute atomic E-state index is 10.7. The molecule has 0 aliphatic carbocycles. The fraction of sp³-hybridized carbons (Fsp3) is 0.300. The molecule has 1 heterocycles. The second-order valence-electron chi connectivity index (χ2n) is 3.04. The SMILES string of the molecule is O=Cc1c(Cl)cccc1OC[C@@H]1CO1. The van der Waals surface area contributed by atoms with Gasteiger partial charge in [0, 0.05) is 0 Å². The molecule has 14 heavy (non-hydrogen) atoms. The monoisotopic (exact) mass is 212 g/mol. The summed E-state index contributed by atoms with van der Waals surface area (Å²) in [6.07, 6.45) is 0.874. The summed E-state index contributed by atoms with van der Waals surface area (Å²) in [5.41, 5.74) is 0.398. The van der Waals surface area contributed by atoms with E-state index in [0.717, 1.165) is 6.61 Å². The zero-order chi connectivity index (χ0) is 9.97. The van der Waals surface area contributed by atoms with Crippen LogP contribution in [0.5, 0.6) is 5.75 Å². The molecule has 0 saturated carbocycles. The molecule has 0 aromatic heterocycles. The second kappa shape index (κ2) is 3.98. The molecule has 4 heteroatoms. The standard InChI is InChI=1S/C10H9ClO3/c11-9-2-1-3-10(8(9)4-12)14-6-7-5-13-7/h1-4,7H,5-6H2/t7-/m0/s1. The zero-order valence-electron chi connectivity index (χ0n) is 7.40. The Bertz CT molecular complexity index is 347. The maximum atomic E-state index is 10.7. The minimum absolute atomic E-state index is 0.175. The van der Waals surface area contributed by atoms with Crippen molar-refractivity contribution in [3.05, 3.63) is 28.8 Å². The molecule has 74 valence electrons. The van der Waals surface area contributed by atoms with Gasteiger partial charge in [0.05, 0.1) is 17.2 Å². The van der Waals surface area contributed by atoms with Gasteiger partial charge in [0.15, 0.2) is 6.29 Å². The fourth-order valence-corrected chi connectivity index (χ4v) is 1.31. The molecule has 1 aliphatic rings. The summed E-state index contributed by atoms with van der Waals surface area (Å²) >= 11 is 5.82. The van der Waals surface area contributed by atoms with E-state index in [1.165, 1.54) is 0 Å². The molecular weight excluding hydrogens is 204 g/mol. The van der Waals surface area contributed by atoms with Crippen LogP contribution in [-0.4, -0.2) is 25.6 Å². The van der Waals surface area contributed by atoms with Crippen LogP contribution in [0.3, 0.4) is 0 Å². The summed E-state index contributed by atoms with van der Waals surface area (Å²) < 4.78 is 10.4. The van der Waals surface area contributed by atoms with Crippen molar-refractivity contribution in [3.63, 3.8) is 0 Å². The number of ether oxygens (including phenoxy) is 2. The van der Waals surface area contributed by atoms with Crippen LogP contribution in [0.25, 0.3) is 0 Å². The van der Waals surface area contributed by atoms with Crippen LogP contribution in [0.15, 0.2) is 18.2 Å². The number of epoxide rings is 1. The van der Waals surface area contributed by atoms with Crippen LogP contribution in [0, 0.1) is 0 Å². The lowest BCUT2D eigenvalue weighted by Gasteiger charge is -2.07. The van der Waals surface area contributed by atoms with Gasteiger partial charge in [-0.15, -0.1) is 0 Å². The third kappa shape index (κ3) is 2.05. The summed E-state index contributed by atoms with van der Waals surface area (Å²) in [6.45, 7) is 1.21. The first kappa shape index (κ1) is 9.49. The Morgan fingerprint density at radius 3 is 3.07 bits per heavy atom. The molecule has 1 fully saturated rings. The van der Waals surface area contributed by atoms with E-state index >= 15 is 0 Å². The van der Waals surface area contributed by atoms with Crippen LogP contribution in [0.4, 0.5) is 0 Å². The quantitative estimate of drug-likeness (QED) is 0.566. The Labute approximate surface area is 86.6 Å². The summed E-state index contributed by atoms with van der Waals surface area (Å²) in [5, 5.41) is 0.411. The van der Waals surface area contributed by atoms with Crippen molar-refractivity contribution in [1.29, 1.82) is 0 Å². The predicted molar refractivity (Wildman–Crippen MR) is 52.1 cm³/mol. The predicted octanol–water partition coefficient (Wildman–Crippen LogP) is 1.93. The summed E-state index contributed by atoms with van der Waals surface area (Å²) in [6, 6.07) is 5.13. The molecule has 0 bridgehead atoms. The minimum Gasteiger partial charge on any atom is -0.490 e. The molecule has 0 amide bonds. The normalized spacial score (nSPS) is 19.1. The lowest BCUT2D eigenvalue weighted by atomic mass is 10.2. The van der Waals surface area contributed by atoms with Crippen molar-refractivity contribution < 1.29 is 14.3 Å². The topological polar surface area (TPSA) is 38.8 Å². The number of aldehydes is 1. The molecule has 3 nitrogen and oxygen atoms in total. The van der Waals surface area contributed by atoms with Crippen molar-refractivity contribution in [2.24, 2.45) is 0 Å². The first-order valence-corrected chi connectivity index (χ1v) is 4.67. The lowest BCUT2D eigenvalue weighted by Crippen LogP contribution is -2.05. The van der Waals surface area contributed by atoms with Gasteiger partial charge in [-0.05, 0) is 12.1 Å². The molecule has 1 saturated heterocycles. The highest BCUT2D eigenvalue weighted by molar-refractivity contribution is 6.33. The smallest absolute Gasteiger partial charge is 0.155 e. The van der Waals surface area contributed by atoms with Gasteiger partial charge in [0.25, 0.3) is 0 Å². The Morgan fingerprint density at radius 2 is 2.43 bits per heavy atom. The van der Waals surface area contributed by atoms with Crippen LogP contribution in [0.1, 0.15) is 10.4 Å². The first-order chi connectivity index (χ1) is 6.81. The number of carbonyl (C=O) groups is 1. The van der Waals surface area contributed by atoms with Gasteiger partial charge < -0.3 is 9.47 Å². The Hall–Kier alpha value is -1.06. The molecule has 0 N–H and O–H groups in total. The highest BCUT2D eigenvalue weighted by Crippen LogP contribution is 2.25. The van der Waals surface area contributed by atoms with E-state index in [9.17, 15) is 4.79 Å². The van der Waals surface area contributed by atoms with Crippen molar-refractivity contribution >= 4 is 17.9 Å². The molecule has 0 unspecified atom stereocenters. The number of benzene rings is 1. The average molecular weight is 213 g/mol.